The lowest BCUT2D eigenvalue weighted by molar-refractivity contribution is 0.0444. The number of benzene rings is 2. The molecule has 96 valence electrons. The van der Waals surface area contributed by atoms with Crippen LogP contribution in [0.4, 0.5) is 5.69 Å². The lowest BCUT2D eigenvalue weighted by Crippen LogP contribution is -1.97. The Hall–Kier alpha value is -3.06. The molecule has 0 fully saturated rings. The smallest absolute Gasteiger partial charge is 0.346 e. The fourth-order valence-corrected chi connectivity index (χ4v) is 1.86. The second-order valence-corrected chi connectivity index (χ2v) is 4.18. The van der Waals surface area contributed by atoms with Gasteiger partial charge >= 0.3 is 11.9 Å². The number of hydrogen-bond donors (Lipinski definition) is 1. The second kappa shape index (κ2) is 4.90. The second-order valence-electron chi connectivity index (χ2n) is 4.18. The Labute approximate surface area is 115 Å². The maximum atomic E-state index is 11.4. The van der Waals surface area contributed by atoms with E-state index in [1.807, 2.05) is 30.3 Å². The molecule has 0 unspecified atom stereocenters. The van der Waals surface area contributed by atoms with Crippen LogP contribution in [0.2, 0.25) is 0 Å². The van der Waals surface area contributed by atoms with Gasteiger partial charge in [-0.25, -0.2) is 9.59 Å². The highest BCUT2D eigenvalue weighted by Gasteiger charge is 2.29. The van der Waals surface area contributed by atoms with Gasteiger partial charge in [0.05, 0.1) is 11.1 Å². The first-order chi connectivity index (χ1) is 9.74. The number of anilines is 1. The van der Waals surface area contributed by atoms with Gasteiger partial charge in [-0.15, -0.1) is 0 Å². The lowest BCUT2D eigenvalue weighted by atomic mass is 10.1. The fourth-order valence-electron chi connectivity index (χ4n) is 1.86. The van der Waals surface area contributed by atoms with E-state index < -0.39 is 11.9 Å². The van der Waals surface area contributed by atoms with Gasteiger partial charge in [0, 0.05) is 17.3 Å². The number of nitrogens with one attached hydrogen (secondary N) is 1. The number of fused-ring (bicyclic) bond motifs is 1. The highest BCUT2D eigenvalue weighted by molar-refractivity contribution is 6.15. The van der Waals surface area contributed by atoms with Gasteiger partial charge in [0.1, 0.15) is 0 Å². The first kappa shape index (κ1) is 12.0. The summed E-state index contributed by atoms with van der Waals surface area (Å²) in [6.07, 6.45) is 0. The van der Waals surface area contributed by atoms with Gasteiger partial charge < -0.3 is 10.1 Å². The average molecular weight is 263 g/mol. The van der Waals surface area contributed by atoms with Crippen LogP contribution in [0.5, 0.6) is 0 Å². The molecule has 0 saturated carbocycles. The van der Waals surface area contributed by atoms with E-state index in [0.717, 1.165) is 5.56 Å². The van der Waals surface area contributed by atoms with E-state index in [2.05, 4.69) is 22.0 Å². The molecule has 4 nitrogen and oxygen atoms in total. The first-order valence-electron chi connectivity index (χ1n) is 5.97. The van der Waals surface area contributed by atoms with E-state index in [9.17, 15) is 9.59 Å². The topological polar surface area (TPSA) is 55.4 Å². The van der Waals surface area contributed by atoms with Crippen molar-refractivity contribution in [2.24, 2.45) is 0 Å². The third-order valence-corrected chi connectivity index (χ3v) is 2.83. The zero-order chi connectivity index (χ0) is 13.9. The zero-order valence-electron chi connectivity index (χ0n) is 10.3. The van der Waals surface area contributed by atoms with Crippen molar-refractivity contribution in [3.05, 3.63) is 65.2 Å². The number of carbonyl (C=O) groups is 2. The molecule has 0 radical (unpaired) electrons. The van der Waals surface area contributed by atoms with Crippen molar-refractivity contribution < 1.29 is 14.3 Å². The molecule has 2 aromatic rings. The van der Waals surface area contributed by atoms with Crippen molar-refractivity contribution in [1.29, 1.82) is 0 Å². The van der Waals surface area contributed by atoms with E-state index in [4.69, 9.17) is 0 Å². The normalized spacial score (nSPS) is 12.2. The first-order valence-corrected chi connectivity index (χ1v) is 5.97. The SMILES string of the molecule is O=C1OC(=O)c2cc(NC#Cc3ccccc3)ccc21. The quantitative estimate of drug-likeness (QED) is 0.371. The molecule has 1 heterocycles. The van der Waals surface area contributed by atoms with Crippen LogP contribution < -0.4 is 5.32 Å². The van der Waals surface area contributed by atoms with Crippen LogP contribution in [-0.4, -0.2) is 11.9 Å². The predicted molar refractivity (Wildman–Crippen MR) is 73.1 cm³/mol. The maximum absolute atomic E-state index is 11.4. The maximum Gasteiger partial charge on any atom is 0.346 e. The molecule has 20 heavy (non-hydrogen) atoms. The standard InChI is InChI=1S/C16H9NO3/c18-15-13-7-6-12(10-14(13)16(19)20-15)17-9-8-11-4-2-1-3-5-11/h1-7,10,17H. The minimum Gasteiger partial charge on any atom is -0.386 e. The van der Waals surface area contributed by atoms with Gasteiger partial charge in [-0.1, -0.05) is 18.2 Å². The Kier molecular flexibility index (Phi) is 2.94. The van der Waals surface area contributed by atoms with E-state index in [1.54, 1.807) is 18.2 Å². The lowest BCUT2D eigenvalue weighted by Gasteiger charge is -1.99. The Balaban J connectivity index is 1.80. The van der Waals surface area contributed by atoms with Gasteiger partial charge in [0.25, 0.3) is 0 Å². The molecule has 0 aliphatic carbocycles. The minimum atomic E-state index is -0.621. The van der Waals surface area contributed by atoms with Gasteiger partial charge in [0.2, 0.25) is 0 Å². The Morgan fingerprint density at radius 2 is 1.65 bits per heavy atom. The molecule has 0 saturated heterocycles. The summed E-state index contributed by atoms with van der Waals surface area (Å²) in [6, 6.07) is 17.1. The van der Waals surface area contributed by atoms with Crippen LogP contribution in [0, 0.1) is 12.0 Å². The van der Waals surface area contributed by atoms with Gasteiger partial charge in [-0.2, -0.15) is 0 Å². The van der Waals surface area contributed by atoms with Crippen LogP contribution in [-0.2, 0) is 4.74 Å². The largest absolute Gasteiger partial charge is 0.386 e. The van der Waals surface area contributed by atoms with Gasteiger partial charge in [-0.05, 0) is 36.3 Å². The van der Waals surface area contributed by atoms with E-state index >= 15 is 0 Å². The van der Waals surface area contributed by atoms with Crippen molar-refractivity contribution >= 4 is 17.6 Å². The number of cyclic esters (lactones) is 2. The molecule has 0 amide bonds. The number of carbonyl (C=O) groups excluding carboxylic acids is 2. The van der Waals surface area contributed by atoms with E-state index in [-0.39, 0.29) is 11.1 Å². The summed E-state index contributed by atoms with van der Waals surface area (Å²) in [4.78, 5) is 22.7. The molecule has 2 aromatic carbocycles. The molecule has 1 N–H and O–H groups in total. The summed E-state index contributed by atoms with van der Waals surface area (Å²) in [7, 11) is 0. The predicted octanol–water partition coefficient (Wildman–Crippen LogP) is 2.42. The number of hydrogen-bond acceptors (Lipinski definition) is 4. The van der Waals surface area contributed by atoms with Crippen LogP contribution in [0.25, 0.3) is 0 Å². The molecule has 0 atom stereocenters. The molecular weight excluding hydrogens is 254 g/mol. The summed E-state index contributed by atoms with van der Waals surface area (Å²) in [6.45, 7) is 0. The third kappa shape index (κ3) is 2.25. The van der Waals surface area contributed by atoms with Crippen LogP contribution in [0.3, 0.4) is 0 Å². The highest BCUT2D eigenvalue weighted by atomic mass is 16.6. The fraction of sp³-hybridized carbons (Fsp3) is 0. The Morgan fingerprint density at radius 3 is 2.45 bits per heavy atom. The van der Waals surface area contributed by atoms with Gasteiger partial charge in [0.15, 0.2) is 0 Å². The number of esters is 2. The zero-order valence-corrected chi connectivity index (χ0v) is 10.3. The molecule has 1 aliphatic heterocycles. The highest BCUT2D eigenvalue weighted by Crippen LogP contribution is 2.23. The molecule has 4 heteroatoms. The number of rotatable bonds is 1. The monoisotopic (exact) mass is 263 g/mol. The van der Waals surface area contributed by atoms with Crippen molar-refractivity contribution in [2.75, 3.05) is 5.32 Å². The molecule has 1 aliphatic rings. The van der Waals surface area contributed by atoms with E-state index in [1.165, 1.54) is 0 Å². The molecule has 0 aromatic heterocycles. The third-order valence-electron chi connectivity index (χ3n) is 2.83. The van der Waals surface area contributed by atoms with E-state index in [0.29, 0.717) is 5.69 Å². The number of ether oxygens (including phenoxy) is 1. The van der Waals surface area contributed by atoms with Crippen molar-refractivity contribution in [3.8, 4) is 12.0 Å². The summed E-state index contributed by atoms with van der Waals surface area (Å²) >= 11 is 0. The minimum absolute atomic E-state index is 0.265. The summed E-state index contributed by atoms with van der Waals surface area (Å²) < 4.78 is 4.52. The van der Waals surface area contributed by atoms with Crippen LogP contribution >= 0.6 is 0 Å². The molecule has 3 rings (SSSR count). The van der Waals surface area contributed by atoms with Crippen LogP contribution in [0.1, 0.15) is 26.3 Å². The molecule has 0 bridgehead atoms. The molecule has 0 spiro atoms. The Morgan fingerprint density at radius 1 is 0.900 bits per heavy atom. The van der Waals surface area contributed by atoms with Gasteiger partial charge in [-0.3, -0.25) is 0 Å². The van der Waals surface area contributed by atoms with Crippen LogP contribution in [0.15, 0.2) is 48.5 Å². The van der Waals surface area contributed by atoms with Crippen molar-refractivity contribution in [2.45, 2.75) is 0 Å². The summed E-state index contributed by atoms with van der Waals surface area (Å²) in [5.41, 5.74) is 2.08. The summed E-state index contributed by atoms with van der Waals surface area (Å²) in [5, 5.41) is 2.88. The average Bonchev–Trinajstić information content (AvgIpc) is 2.75. The summed E-state index contributed by atoms with van der Waals surface area (Å²) in [5.74, 6) is 1.71. The molecular formula is C16H9NO3. The van der Waals surface area contributed by atoms with Crippen molar-refractivity contribution in [3.63, 3.8) is 0 Å². The Bertz CT molecular complexity index is 754. The van der Waals surface area contributed by atoms with Crippen molar-refractivity contribution in [1.82, 2.24) is 0 Å².